The summed E-state index contributed by atoms with van der Waals surface area (Å²) >= 11 is 5.95. The van der Waals surface area contributed by atoms with Gasteiger partial charge in [0.05, 0.1) is 0 Å². The number of aryl methyl sites for hydroxylation is 1. The van der Waals surface area contributed by atoms with Crippen molar-refractivity contribution < 1.29 is 9.18 Å². The molecule has 0 atom stereocenters. The number of rotatable bonds is 7. The quantitative estimate of drug-likeness (QED) is 0.656. The Morgan fingerprint density at radius 1 is 1.28 bits per heavy atom. The number of nitrogens with zero attached hydrogens (tertiary/aromatic N) is 4. The first-order valence-electron chi connectivity index (χ1n) is 7.97. The van der Waals surface area contributed by atoms with Crippen LogP contribution in [0.2, 0.25) is 5.02 Å². The van der Waals surface area contributed by atoms with E-state index in [9.17, 15) is 9.18 Å². The van der Waals surface area contributed by atoms with Crippen molar-refractivity contribution in [3.8, 4) is 0 Å². The molecule has 2 heterocycles. The molecule has 0 aliphatic heterocycles. The fraction of sp³-hybridized carbons (Fsp3) is 0.294. The van der Waals surface area contributed by atoms with E-state index in [1.807, 2.05) is 6.20 Å². The van der Waals surface area contributed by atoms with Crippen LogP contribution in [0.3, 0.4) is 0 Å². The van der Waals surface area contributed by atoms with Crippen molar-refractivity contribution >= 4 is 23.3 Å². The van der Waals surface area contributed by atoms with E-state index in [2.05, 4.69) is 20.4 Å². The van der Waals surface area contributed by atoms with Crippen molar-refractivity contribution in [1.29, 1.82) is 0 Å². The van der Waals surface area contributed by atoms with Gasteiger partial charge in [0.15, 0.2) is 0 Å². The van der Waals surface area contributed by atoms with Gasteiger partial charge in [-0.25, -0.2) is 13.9 Å². The Morgan fingerprint density at radius 2 is 2.16 bits per heavy atom. The number of amides is 1. The maximum Gasteiger partial charge on any atom is 0.252 e. The molecule has 3 aromatic rings. The van der Waals surface area contributed by atoms with Crippen LogP contribution in [0, 0.1) is 5.82 Å². The lowest BCUT2D eigenvalue weighted by Crippen LogP contribution is -2.25. The molecule has 0 radical (unpaired) electrons. The number of halogens is 2. The Labute approximate surface area is 149 Å². The van der Waals surface area contributed by atoms with Crippen molar-refractivity contribution in [2.45, 2.75) is 25.7 Å². The van der Waals surface area contributed by atoms with Gasteiger partial charge in [0.2, 0.25) is 5.91 Å². The standard InChI is InChI=1S/C17H17ClFN5O/c18-14-4-1-5-15(19)13(14)6-7-16(25)20-8-2-3-12-9-21-17-22-11-23-24(17)10-12/h1,4-5,9-11H,2-3,6-8H2,(H,20,25). The average Bonchev–Trinajstić information content (AvgIpc) is 3.06. The van der Waals surface area contributed by atoms with E-state index in [4.69, 9.17) is 11.6 Å². The number of carbonyl (C=O) groups excluding carboxylic acids is 1. The van der Waals surface area contributed by atoms with Crippen LogP contribution < -0.4 is 5.32 Å². The van der Waals surface area contributed by atoms with Gasteiger partial charge in [0.25, 0.3) is 5.78 Å². The zero-order valence-corrected chi connectivity index (χ0v) is 14.2. The Kier molecular flexibility index (Phi) is 5.55. The molecule has 1 aromatic carbocycles. The molecule has 0 fully saturated rings. The molecule has 0 spiro atoms. The fourth-order valence-corrected chi connectivity index (χ4v) is 2.76. The van der Waals surface area contributed by atoms with Crippen LogP contribution in [0.25, 0.3) is 5.78 Å². The molecule has 0 saturated carbocycles. The monoisotopic (exact) mass is 361 g/mol. The van der Waals surface area contributed by atoms with Gasteiger partial charge in [-0.05, 0) is 37.0 Å². The van der Waals surface area contributed by atoms with Crippen LogP contribution in [0.15, 0.2) is 36.9 Å². The first-order chi connectivity index (χ1) is 12.1. The maximum absolute atomic E-state index is 13.6. The highest BCUT2D eigenvalue weighted by Crippen LogP contribution is 2.20. The van der Waals surface area contributed by atoms with Gasteiger partial charge in [-0.15, -0.1) is 0 Å². The zero-order valence-electron chi connectivity index (χ0n) is 13.5. The molecule has 0 aliphatic carbocycles. The molecule has 25 heavy (non-hydrogen) atoms. The molecule has 0 bridgehead atoms. The number of benzene rings is 1. The predicted octanol–water partition coefficient (Wildman–Crippen LogP) is 2.60. The van der Waals surface area contributed by atoms with Gasteiger partial charge in [-0.3, -0.25) is 4.79 Å². The number of hydrogen-bond acceptors (Lipinski definition) is 4. The summed E-state index contributed by atoms with van der Waals surface area (Å²) in [5, 5.41) is 7.22. The van der Waals surface area contributed by atoms with E-state index in [0.29, 0.717) is 22.9 Å². The largest absolute Gasteiger partial charge is 0.356 e. The second-order valence-corrected chi connectivity index (χ2v) is 6.03. The van der Waals surface area contributed by atoms with Crippen molar-refractivity contribution in [2.75, 3.05) is 6.54 Å². The smallest absolute Gasteiger partial charge is 0.252 e. The first-order valence-corrected chi connectivity index (χ1v) is 8.35. The summed E-state index contributed by atoms with van der Waals surface area (Å²) in [6.07, 6.45) is 7.10. The van der Waals surface area contributed by atoms with Crippen LogP contribution in [-0.2, 0) is 17.6 Å². The van der Waals surface area contributed by atoms with Crippen LogP contribution in [0.4, 0.5) is 4.39 Å². The van der Waals surface area contributed by atoms with Crippen LogP contribution in [0.1, 0.15) is 24.0 Å². The molecule has 0 unspecified atom stereocenters. The molecule has 8 heteroatoms. The molecule has 2 aromatic heterocycles. The highest BCUT2D eigenvalue weighted by Gasteiger charge is 2.09. The summed E-state index contributed by atoms with van der Waals surface area (Å²) in [6.45, 7) is 0.541. The molecule has 3 rings (SSSR count). The third-order valence-corrected chi connectivity index (χ3v) is 4.17. The summed E-state index contributed by atoms with van der Waals surface area (Å²) in [4.78, 5) is 20.1. The van der Waals surface area contributed by atoms with E-state index in [0.717, 1.165) is 18.4 Å². The molecule has 1 amide bonds. The number of nitrogens with one attached hydrogen (secondary N) is 1. The lowest BCUT2D eigenvalue weighted by Gasteiger charge is -2.07. The predicted molar refractivity (Wildman–Crippen MR) is 91.8 cm³/mol. The Morgan fingerprint density at radius 3 is 3.00 bits per heavy atom. The second kappa shape index (κ2) is 8.02. The van der Waals surface area contributed by atoms with Gasteiger partial charge in [-0.2, -0.15) is 10.1 Å². The van der Waals surface area contributed by atoms with Gasteiger partial charge >= 0.3 is 0 Å². The van der Waals surface area contributed by atoms with Crippen LogP contribution >= 0.6 is 11.6 Å². The van der Waals surface area contributed by atoms with Crippen molar-refractivity contribution in [3.05, 3.63) is 58.9 Å². The topological polar surface area (TPSA) is 72.2 Å². The summed E-state index contributed by atoms with van der Waals surface area (Å²) in [7, 11) is 0. The molecule has 0 saturated heterocycles. The molecule has 130 valence electrons. The van der Waals surface area contributed by atoms with Crippen LogP contribution in [0.5, 0.6) is 0 Å². The Bertz CT molecular complexity index is 862. The molecular formula is C17H17ClFN5O. The summed E-state index contributed by atoms with van der Waals surface area (Å²) in [6, 6.07) is 4.52. The van der Waals surface area contributed by atoms with Gasteiger partial charge in [-0.1, -0.05) is 17.7 Å². The third-order valence-electron chi connectivity index (χ3n) is 3.82. The minimum absolute atomic E-state index is 0.121. The summed E-state index contributed by atoms with van der Waals surface area (Å²) < 4.78 is 15.3. The number of carbonyl (C=O) groups is 1. The number of aromatic nitrogens is 4. The highest BCUT2D eigenvalue weighted by atomic mass is 35.5. The van der Waals surface area contributed by atoms with Crippen LogP contribution in [-0.4, -0.2) is 32.0 Å². The SMILES string of the molecule is O=C(CCc1c(F)cccc1Cl)NCCCc1cnc2ncnn2c1. The van der Waals surface area contributed by atoms with Crippen molar-refractivity contribution in [2.24, 2.45) is 0 Å². The number of fused-ring (bicyclic) bond motifs is 1. The van der Waals surface area contributed by atoms with Crippen molar-refractivity contribution in [3.63, 3.8) is 0 Å². The number of hydrogen-bond donors (Lipinski definition) is 1. The molecular weight excluding hydrogens is 345 g/mol. The maximum atomic E-state index is 13.6. The minimum atomic E-state index is -0.378. The van der Waals surface area contributed by atoms with Crippen molar-refractivity contribution in [1.82, 2.24) is 24.9 Å². The summed E-state index contributed by atoms with van der Waals surface area (Å²) in [5.74, 6) is 0.0596. The first kappa shape index (κ1) is 17.3. The second-order valence-electron chi connectivity index (χ2n) is 5.62. The molecule has 6 nitrogen and oxygen atoms in total. The Hall–Kier alpha value is -2.54. The van der Waals surface area contributed by atoms with E-state index >= 15 is 0 Å². The fourth-order valence-electron chi connectivity index (χ4n) is 2.51. The molecule has 0 aliphatic rings. The van der Waals surface area contributed by atoms with Gasteiger partial charge in [0.1, 0.15) is 12.1 Å². The van der Waals surface area contributed by atoms with E-state index < -0.39 is 0 Å². The van der Waals surface area contributed by atoms with Gasteiger partial charge < -0.3 is 5.32 Å². The van der Waals surface area contributed by atoms with Gasteiger partial charge in [0, 0.05) is 35.9 Å². The Balaban J connectivity index is 1.40. The minimum Gasteiger partial charge on any atom is -0.356 e. The lowest BCUT2D eigenvalue weighted by molar-refractivity contribution is -0.121. The van der Waals surface area contributed by atoms with E-state index in [-0.39, 0.29) is 24.6 Å². The lowest BCUT2D eigenvalue weighted by atomic mass is 10.1. The average molecular weight is 362 g/mol. The zero-order chi connectivity index (χ0) is 17.6. The summed E-state index contributed by atoms with van der Waals surface area (Å²) in [5.41, 5.74) is 1.40. The molecule has 1 N–H and O–H groups in total. The third kappa shape index (κ3) is 4.51. The van der Waals surface area contributed by atoms with E-state index in [1.54, 1.807) is 22.8 Å². The van der Waals surface area contributed by atoms with E-state index in [1.165, 1.54) is 12.4 Å². The normalized spacial score (nSPS) is 11.0. The highest BCUT2D eigenvalue weighted by molar-refractivity contribution is 6.31.